The van der Waals surface area contributed by atoms with Gasteiger partial charge in [-0.2, -0.15) is 15.0 Å². The summed E-state index contributed by atoms with van der Waals surface area (Å²) in [4.78, 5) is 15.8. The molecule has 0 saturated carbocycles. The number of thiophene rings is 1. The van der Waals surface area contributed by atoms with Crippen LogP contribution in [0, 0.1) is 0 Å². The Bertz CT molecular complexity index is 525. The van der Waals surface area contributed by atoms with Gasteiger partial charge in [-0.05, 0) is 18.4 Å². The van der Waals surface area contributed by atoms with Crippen molar-refractivity contribution in [2.75, 3.05) is 24.5 Å². The number of nitrogens with one attached hydrogen (secondary N) is 1. The second-order valence-electron chi connectivity index (χ2n) is 4.33. The molecule has 2 heterocycles. The van der Waals surface area contributed by atoms with Crippen LogP contribution in [-0.2, 0) is 6.42 Å². The average molecular weight is 294 g/mol. The van der Waals surface area contributed by atoms with Gasteiger partial charge in [0.15, 0.2) is 0 Å². The van der Waals surface area contributed by atoms with Crippen LogP contribution in [0.3, 0.4) is 0 Å². The molecule has 8 heteroatoms. The lowest BCUT2D eigenvalue weighted by molar-refractivity contribution is 0.378. The summed E-state index contributed by atoms with van der Waals surface area (Å²) in [6.07, 6.45) is 0.924. The van der Waals surface area contributed by atoms with Gasteiger partial charge in [-0.25, -0.2) is 5.84 Å². The maximum absolute atomic E-state index is 5.35. The average Bonchev–Trinajstić information content (AvgIpc) is 2.98. The number of likely N-dealkylation sites (N-methyl/N-ethyl adjacent to an activating group) is 1. The number of nitrogens with two attached hydrogens (primary N) is 1. The van der Waals surface area contributed by atoms with Crippen molar-refractivity contribution in [1.82, 2.24) is 15.0 Å². The van der Waals surface area contributed by atoms with E-state index in [0.29, 0.717) is 5.95 Å². The van der Waals surface area contributed by atoms with E-state index >= 15 is 0 Å². The normalized spacial score (nSPS) is 12.0. The highest BCUT2D eigenvalue weighted by atomic mass is 32.1. The molecule has 0 bridgehead atoms. The third-order valence-electron chi connectivity index (χ3n) is 2.97. The molecule has 0 amide bonds. The molecule has 1 atom stereocenters. The standard InChI is InChI=1S/C12H18N6OS/c1-8(7-9-5-4-6-20-9)18(2)11-14-10(17-13)15-12(16-11)19-3/h4-6,8H,7,13H2,1-3H3,(H,14,15,16,17). The first kappa shape index (κ1) is 14.5. The number of rotatable bonds is 6. The highest BCUT2D eigenvalue weighted by molar-refractivity contribution is 7.09. The van der Waals surface area contributed by atoms with E-state index in [0.717, 1.165) is 6.42 Å². The maximum atomic E-state index is 5.35. The van der Waals surface area contributed by atoms with Crippen molar-refractivity contribution in [3.8, 4) is 6.01 Å². The third-order valence-corrected chi connectivity index (χ3v) is 3.87. The fourth-order valence-electron chi connectivity index (χ4n) is 1.71. The molecule has 1 unspecified atom stereocenters. The zero-order chi connectivity index (χ0) is 14.5. The Balaban J connectivity index is 2.16. The minimum absolute atomic E-state index is 0.234. The van der Waals surface area contributed by atoms with Crippen LogP contribution in [0.2, 0.25) is 0 Å². The largest absolute Gasteiger partial charge is 0.467 e. The Kier molecular flexibility index (Phi) is 4.70. The molecule has 0 saturated heterocycles. The van der Waals surface area contributed by atoms with Gasteiger partial charge in [0, 0.05) is 24.4 Å². The van der Waals surface area contributed by atoms with Gasteiger partial charge in [0.2, 0.25) is 11.9 Å². The molecule has 3 N–H and O–H groups in total. The van der Waals surface area contributed by atoms with Crippen LogP contribution in [0.1, 0.15) is 11.8 Å². The number of hydrogen-bond acceptors (Lipinski definition) is 8. The zero-order valence-corrected chi connectivity index (χ0v) is 12.5. The van der Waals surface area contributed by atoms with Gasteiger partial charge in [-0.15, -0.1) is 11.3 Å². The first-order valence-electron chi connectivity index (χ1n) is 6.16. The van der Waals surface area contributed by atoms with E-state index in [1.165, 1.54) is 12.0 Å². The van der Waals surface area contributed by atoms with Crippen LogP contribution in [0.4, 0.5) is 11.9 Å². The summed E-state index contributed by atoms with van der Waals surface area (Å²) in [5.74, 6) is 6.15. The van der Waals surface area contributed by atoms with E-state index in [-0.39, 0.29) is 18.0 Å². The number of ether oxygens (including phenoxy) is 1. The Morgan fingerprint density at radius 3 is 2.85 bits per heavy atom. The fourth-order valence-corrected chi connectivity index (χ4v) is 2.54. The number of nitrogen functional groups attached to an aromatic ring is 1. The number of hydrazine groups is 1. The van der Waals surface area contributed by atoms with Gasteiger partial charge in [-0.1, -0.05) is 6.07 Å². The fraction of sp³-hybridized carbons (Fsp3) is 0.417. The maximum Gasteiger partial charge on any atom is 0.322 e. The predicted molar refractivity (Wildman–Crippen MR) is 80.1 cm³/mol. The molecular formula is C12H18N6OS. The predicted octanol–water partition coefficient (Wildman–Crippen LogP) is 1.29. The van der Waals surface area contributed by atoms with Gasteiger partial charge < -0.3 is 9.64 Å². The lowest BCUT2D eigenvalue weighted by atomic mass is 10.2. The van der Waals surface area contributed by atoms with Gasteiger partial charge in [0.25, 0.3) is 0 Å². The Morgan fingerprint density at radius 2 is 2.25 bits per heavy atom. The molecule has 20 heavy (non-hydrogen) atoms. The summed E-state index contributed by atoms with van der Waals surface area (Å²) in [5, 5.41) is 2.07. The van der Waals surface area contributed by atoms with Crippen LogP contribution < -0.4 is 20.9 Å². The second-order valence-corrected chi connectivity index (χ2v) is 5.37. The molecule has 7 nitrogen and oxygen atoms in total. The van der Waals surface area contributed by atoms with Crippen molar-refractivity contribution in [3.63, 3.8) is 0 Å². The van der Waals surface area contributed by atoms with Gasteiger partial charge in [-0.3, -0.25) is 5.43 Å². The highest BCUT2D eigenvalue weighted by Gasteiger charge is 2.16. The molecule has 2 rings (SSSR count). The summed E-state index contributed by atoms with van der Waals surface area (Å²) in [6.45, 7) is 2.12. The Morgan fingerprint density at radius 1 is 1.45 bits per heavy atom. The minimum atomic E-state index is 0.234. The molecule has 0 aliphatic rings. The molecule has 2 aromatic rings. The van der Waals surface area contributed by atoms with Gasteiger partial charge in [0.1, 0.15) is 0 Å². The van der Waals surface area contributed by atoms with E-state index in [2.05, 4.69) is 44.8 Å². The van der Waals surface area contributed by atoms with E-state index in [9.17, 15) is 0 Å². The summed E-state index contributed by atoms with van der Waals surface area (Å²) in [7, 11) is 3.45. The quantitative estimate of drug-likeness (QED) is 0.613. The number of hydrogen-bond donors (Lipinski definition) is 2. The van der Waals surface area contributed by atoms with E-state index in [4.69, 9.17) is 10.6 Å². The van der Waals surface area contributed by atoms with E-state index < -0.39 is 0 Å². The molecular weight excluding hydrogens is 276 g/mol. The monoisotopic (exact) mass is 294 g/mol. The lowest BCUT2D eigenvalue weighted by Crippen LogP contribution is -2.32. The number of methoxy groups -OCH3 is 1. The zero-order valence-electron chi connectivity index (χ0n) is 11.7. The summed E-state index contributed by atoms with van der Waals surface area (Å²) < 4.78 is 5.05. The van der Waals surface area contributed by atoms with Crippen molar-refractivity contribution < 1.29 is 4.74 Å². The molecule has 0 aliphatic heterocycles. The van der Waals surface area contributed by atoms with Crippen LogP contribution in [0.15, 0.2) is 17.5 Å². The second kappa shape index (κ2) is 6.49. The topological polar surface area (TPSA) is 89.2 Å². The molecule has 0 spiro atoms. The van der Waals surface area contributed by atoms with Crippen LogP contribution >= 0.6 is 11.3 Å². The van der Waals surface area contributed by atoms with Crippen LogP contribution in [-0.4, -0.2) is 35.2 Å². The Hall–Kier alpha value is -1.93. The minimum Gasteiger partial charge on any atom is -0.467 e. The molecule has 0 radical (unpaired) electrons. The van der Waals surface area contributed by atoms with Crippen molar-refractivity contribution >= 4 is 23.2 Å². The SMILES string of the molecule is COc1nc(NN)nc(N(C)C(C)Cc2cccs2)n1. The lowest BCUT2D eigenvalue weighted by Gasteiger charge is -2.24. The van der Waals surface area contributed by atoms with Crippen molar-refractivity contribution in [1.29, 1.82) is 0 Å². The number of anilines is 2. The molecule has 0 aromatic carbocycles. The number of aromatic nitrogens is 3. The summed E-state index contributed by atoms with van der Waals surface area (Å²) >= 11 is 1.74. The van der Waals surface area contributed by atoms with Gasteiger partial charge >= 0.3 is 6.01 Å². The van der Waals surface area contributed by atoms with Crippen molar-refractivity contribution in [3.05, 3.63) is 22.4 Å². The number of nitrogens with zero attached hydrogens (tertiary/aromatic N) is 4. The molecule has 108 valence electrons. The van der Waals surface area contributed by atoms with E-state index in [1.807, 2.05) is 11.9 Å². The summed E-state index contributed by atoms with van der Waals surface area (Å²) in [5.41, 5.74) is 2.41. The van der Waals surface area contributed by atoms with Gasteiger partial charge in [0.05, 0.1) is 7.11 Å². The summed E-state index contributed by atoms with van der Waals surface area (Å²) in [6, 6.07) is 4.65. The van der Waals surface area contributed by atoms with Crippen LogP contribution in [0.25, 0.3) is 0 Å². The van der Waals surface area contributed by atoms with Crippen molar-refractivity contribution in [2.24, 2.45) is 5.84 Å². The first-order valence-corrected chi connectivity index (χ1v) is 7.04. The third kappa shape index (κ3) is 3.34. The molecule has 0 fully saturated rings. The smallest absolute Gasteiger partial charge is 0.322 e. The highest BCUT2D eigenvalue weighted by Crippen LogP contribution is 2.18. The van der Waals surface area contributed by atoms with Crippen molar-refractivity contribution in [2.45, 2.75) is 19.4 Å². The molecule has 2 aromatic heterocycles. The van der Waals surface area contributed by atoms with Crippen LogP contribution in [0.5, 0.6) is 6.01 Å². The molecule has 0 aliphatic carbocycles. The first-order chi connectivity index (χ1) is 9.63. The van der Waals surface area contributed by atoms with E-state index in [1.54, 1.807) is 11.3 Å². The Labute approximate surface area is 121 Å².